The maximum absolute atomic E-state index is 13.1. The number of nitrogens with one attached hydrogen (secondary N) is 1. The van der Waals surface area contributed by atoms with E-state index in [1.807, 2.05) is 91.2 Å². The van der Waals surface area contributed by atoms with E-state index in [1.165, 1.54) is 0 Å². The number of imidazole rings is 1. The van der Waals surface area contributed by atoms with E-state index in [9.17, 15) is 4.79 Å². The zero-order valence-electron chi connectivity index (χ0n) is 14.7. The number of fused-ring (bicyclic) bond motifs is 1. The van der Waals surface area contributed by atoms with Crippen molar-refractivity contribution in [2.45, 2.75) is 13.8 Å². The summed E-state index contributed by atoms with van der Waals surface area (Å²) in [5, 5.41) is 2.99. The molecule has 4 rings (SSSR count). The fourth-order valence-electron chi connectivity index (χ4n) is 2.99. The molecule has 26 heavy (non-hydrogen) atoms. The van der Waals surface area contributed by atoms with Crippen LogP contribution in [0, 0.1) is 13.8 Å². The Morgan fingerprint density at radius 2 is 1.65 bits per heavy atom. The summed E-state index contributed by atoms with van der Waals surface area (Å²) in [5.74, 6) is -0.177. The van der Waals surface area contributed by atoms with Gasteiger partial charge in [0.1, 0.15) is 17.0 Å². The van der Waals surface area contributed by atoms with E-state index in [0.717, 1.165) is 28.0 Å². The molecule has 128 valence electrons. The Balaban J connectivity index is 1.84. The average molecular weight is 341 g/mol. The van der Waals surface area contributed by atoms with E-state index < -0.39 is 0 Å². The van der Waals surface area contributed by atoms with Gasteiger partial charge in [0.15, 0.2) is 0 Å². The zero-order valence-corrected chi connectivity index (χ0v) is 14.7. The molecule has 0 fully saturated rings. The maximum Gasteiger partial charge on any atom is 0.274 e. The molecule has 0 aliphatic carbocycles. The SMILES string of the molecule is Cc1ccc(NC(=O)c2c(-c3ccccc3)nc3cc(C)ccn23)cc1. The lowest BCUT2D eigenvalue weighted by Crippen LogP contribution is -2.15. The first-order valence-electron chi connectivity index (χ1n) is 8.54. The molecule has 0 aliphatic rings. The molecule has 0 unspecified atom stereocenters. The van der Waals surface area contributed by atoms with Gasteiger partial charge in [-0.05, 0) is 43.7 Å². The van der Waals surface area contributed by atoms with E-state index >= 15 is 0 Å². The Labute approximate surface area is 152 Å². The first kappa shape index (κ1) is 16.1. The Bertz CT molecular complexity index is 1080. The molecule has 0 bridgehead atoms. The van der Waals surface area contributed by atoms with Crippen LogP contribution in [0.5, 0.6) is 0 Å². The Kier molecular flexibility index (Phi) is 4.01. The minimum absolute atomic E-state index is 0.177. The third kappa shape index (κ3) is 2.97. The smallest absolute Gasteiger partial charge is 0.274 e. The van der Waals surface area contributed by atoms with E-state index in [1.54, 1.807) is 0 Å². The summed E-state index contributed by atoms with van der Waals surface area (Å²) >= 11 is 0. The lowest BCUT2D eigenvalue weighted by atomic mass is 10.1. The molecule has 4 heteroatoms. The summed E-state index contributed by atoms with van der Waals surface area (Å²) in [6, 6.07) is 21.5. The molecule has 4 aromatic rings. The highest BCUT2D eigenvalue weighted by atomic mass is 16.2. The fraction of sp³-hybridized carbons (Fsp3) is 0.0909. The summed E-state index contributed by atoms with van der Waals surface area (Å²) in [6.07, 6.45) is 1.90. The van der Waals surface area contributed by atoms with Crippen LogP contribution in [-0.2, 0) is 0 Å². The highest BCUT2D eigenvalue weighted by molar-refractivity contribution is 6.07. The molecule has 0 saturated heterocycles. The van der Waals surface area contributed by atoms with Crippen LogP contribution in [0.4, 0.5) is 5.69 Å². The number of pyridine rings is 1. The number of carbonyl (C=O) groups excluding carboxylic acids is 1. The summed E-state index contributed by atoms with van der Waals surface area (Å²) in [7, 11) is 0. The third-order valence-electron chi connectivity index (χ3n) is 4.35. The summed E-state index contributed by atoms with van der Waals surface area (Å²) < 4.78 is 1.85. The molecule has 2 heterocycles. The van der Waals surface area contributed by atoms with Crippen molar-refractivity contribution in [1.82, 2.24) is 9.38 Å². The van der Waals surface area contributed by atoms with Crippen LogP contribution in [0.2, 0.25) is 0 Å². The van der Waals surface area contributed by atoms with Gasteiger partial charge in [0.25, 0.3) is 5.91 Å². The Morgan fingerprint density at radius 3 is 2.38 bits per heavy atom. The molecule has 2 aromatic heterocycles. The van der Waals surface area contributed by atoms with Gasteiger partial charge in [-0.25, -0.2) is 4.98 Å². The van der Waals surface area contributed by atoms with Crippen LogP contribution >= 0.6 is 0 Å². The molecule has 0 spiro atoms. The van der Waals surface area contributed by atoms with E-state index in [-0.39, 0.29) is 5.91 Å². The molecule has 1 N–H and O–H groups in total. The van der Waals surface area contributed by atoms with Crippen molar-refractivity contribution in [1.29, 1.82) is 0 Å². The highest BCUT2D eigenvalue weighted by Crippen LogP contribution is 2.26. The number of anilines is 1. The zero-order chi connectivity index (χ0) is 18.1. The minimum Gasteiger partial charge on any atom is -0.321 e. The second kappa shape index (κ2) is 6.48. The Morgan fingerprint density at radius 1 is 0.923 bits per heavy atom. The molecule has 0 atom stereocenters. The van der Waals surface area contributed by atoms with Crippen molar-refractivity contribution in [2.75, 3.05) is 5.32 Å². The van der Waals surface area contributed by atoms with Crippen molar-refractivity contribution >= 4 is 17.2 Å². The van der Waals surface area contributed by atoms with Crippen molar-refractivity contribution in [3.8, 4) is 11.3 Å². The molecule has 0 radical (unpaired) electrons. The quantitative estimate of drug-likeness (QED) is 0.578. The highest BCUT2D eigenvalue weighted by Gasteiger charge is 2.20. The van der Waals surface area contributed by atoms with Gasteiger partial charge < -0.3 is 5.32 Å². The minimum atomic E-state index is -0.177. The van der Waals surface area contributed by atoms with Gasteiger partial charge in [0.05, 0.1) is 0 Å². The van der Waals surface area contributed by atoms with E-state index in [4.69, 9.17) is 4.98 Å². The number of nitrogens with zero attached hydrogens (tertiary/aromatic N) is 2. The number of hydrogen-bond acceptors (Lipinski definition) is 2. The van der Waals surface area contributed by atoms with Crippen LogP contribution in [-0.4, -0.2) is 15.3 Å². The number of aromatic nitrogens is 2. The summed E-state index contributed by atoms with van der Waals surface area (Å²) in [4.78, 5) is 17.8. The molecule has 4 nitrogen and oxygen atoms in total. The largest absolute Gasteiger partial charge is 0.321 e. The number of carbonyl (C=O) groups is 1. The van der Waals surface area contributed by atoms with Gasteiger partial charge >= 0.3 is 0 Å². The number of rotatable bonds is 3. The van der Waals surface area contributed by atoms with Crippen LogP contribution in [0.3, 0.4) is 0 Å². The maximum atomic E-state index is 13.1. The van der Waals surface area contributed by atoms with Crippen LogP contribution in [0.15, 0.2) is 72.9 Å². The first-order valence-corrected chi connectivity index (χ1v) is 8.54. The number of hydrogen-bond donors (Lipinski definition) is 1. The lowest BCUT2D eigenvalue weighted by molar-refractivity contribution is 0.102. The van der Waals surface area contributed by atoms with Gasteiger partial charge in [-0.2, -0.15) is 0 Å². The predicted molar refractivity (Wildman–Crippen MR) is 104 cm³/mol. The first-order chi connectivity index (χ1) is 12.6. The van der Waals surface area contributed by atoms with Crippen molar-refractivity contribution in [3.63, 3.8) is 0 Å². The summed E-state index contributed by atoms with van der Waals surface area (Å²) in [6.45, 7) is 4.04. The molecular weight excluding hydrogens is 322 g/mol. The van der Waals surface area contributed by atoms with Crippen molar-refractivity contribution < 1.29 is 4.79 Å². The standard InChI is InChI=1S/C22H19N3O/c1-15-8-10-18(11-9-15)23-22(26)21-20(17-6-4-3-5-7-17)24-19-14-16(2)12-13-25(19)21/h3-14H,1-2H3,(H,23,26). The molecule has 1 amide bonds. The Hall–Kier alpha value is -3.40. The summed E-state index contributed by atoms with van der Waals surface area (Å²) in [5.41, 5.74) is 5.92. The van der Waals surface area contributed by atoms with E-state index in [2.05, 4.69) is 5.32 Å². The molecule has 2 aromatic carbocycles. The lowest BCUT2D eigenvalue weighted by Gasteiger charge is -2.08. The van der Waals surface area contributed by atoms with Gasteiger partial charge in [-0.15, -0.1) is 0 Å². The monoisotopic (exact) mass is 341 g/mol. The van der Waals surface area contributed by atoms with Crippen molar-refractivity contribution in [3.05, 3.63) is 89.7 Å². The average Bonchev–Trinajstić information content (AvgIpc) is 3.03. The van der Waals surface area contributed by atoms with Gasteiger partial charge in [0.2, 0.25) is 0 Å². The normalized spacial score (nSPS) is 10.8. The number of benzene rings is 2. The van der Waals surface area contributed by atoms with Crippen LogP contribution < -0.4 is 5.32 Å². The third-order valence-corrected chi connectivity index (χ3v) is 4.35. The topological polar surface area (TPSA) is 46.4 Å². The number of aryl methyl sites for hydroxylation is 2. The predicted octanol–water partition coefficient (Wildman–Crippen LogP) is 4.87. The molecular formula is C22H19N3O. The number of amides is 1. The molecule has 0 saturated carbocycles. The fourth-order valence-corrected chi connectivity index (χ4v) is 2.99. The van der Waals surface area contributed by atoms with E-state index in [0.29, 0.717) is 11.4 Å². The van der Waals surface area contributed by atoms with Crippen molar-refractivity contribution in [2.24, 2.45) is 0 Å². The second-order valence-corrected chi connectivity index (χ2v) is 6.43. The second-order valence-electron chi connectivity index (χ2n) is 6.43. The van der Waals surface area contributed by atoms with Gasteiger partial charge in [0, 0.05) is 17.4 Å². The van der Waals surface area contributed by atoms with Gasteiger partial charge in [-0.1, -0.05) is 48.0 Å². The van der Waals surface area contributed by atoms with Gasteiger partial charge in [-0.3, -0.25) is 9.20 Å². The molecule has 0 aliphatic heterocycles. The van der Waals surface area contributed by atoms with Crippen LogP contribution in [0.1, 0.15) is 21.6 Å². The van der Waals surface area contributed by atoms with Crippen LogP contribution in [0.25, 0.3) is 16.9 Å².